The van der Waals surface area contributed by atoms with Crippen LogP contribution in [-0.4, -0.2) is 51.1 Å². The van der Waals surface area contributed by atoms with Gasteiger partial charge in [0.2, 0.25) is 0 Å². The Labute approximate surface area is 110 Å². The normalized spacial score (nSPS) is 27.8. The van der Waals surface area contributed by atoms with E-state index in [4.69, 9.17) is 5.73 Å². The third-order valence-corrected chi connectivity index (χ3v) is 3.86. The van der Waals surface area contributed by atoms with E-state index in [1.54, 1.807) is 4.68 Å². The molecule has 1 aromatic heterocycles. The molecule has 6 nitrogen and oxygen atoms in total. The summed E-state index contributed by atoms with van der Waals surface area (Å²) in [6.07, 6.45) is 3.81. The number of aromatic nitrogens is 3. The Hall–Kier alpha value is -1.50. The molecular weight excluding hydrogens is 249 g/mol. The number of likely N-dealkylation sites (tertiary alicyclic amines) is 1. The Kier molecular flexibility index (Phi) is 3.22. The molecule has 1 saturated carbocycles. The van der Waals surface area contributed by atoms with Crippen LogP contribution in [0.2, 0.25) is 0 Å². The molecule has 7 heteroatoms. The zero-order chi connectivity index (χ0) is 13.4. The molecule has 0 aromatic carbocycles. The maximum absolute atomic E-state index is 13.6. The van der Waals surface area contributed by atoms with E-state index in [0.717, 1.165) is 12.5 Å². The summed E-state index contributed by atoms with van der Waals surface area (Å²) in [4.78, 5) is 13.2. The summed E-state index contributed by atoms with van der Waals surface area (Å²) in [5, 5.41) is 7.57. The highest BCUT2D eigenvalue weighted by atomic mass is 19.1. The van der Waals surface area contributed by atoms with Gasteiger partial charge in [0.15, 0.2) is 5.69 Å². The van der Waals surface area contributed by atoms with Crippen LogP contribution >= 0.6 is 0 Å². The van der Waals surface area contributed by atoms with Crippen molar-refractivity contribution in [2.45, 2.75) is 38.0 Å². The summed E-state index contributed by atoms with van der Waals surface area (Å²) in [6, 6.07) is 0.137. The lowest BCUT2D eigenvalue weighted by Crippen LogP contribution is -2.34. The maximum atomic E-state index is 13.6. The molecule has 1 saturated heterocycles. The summed E-state index contributed by atoms with van der Waals surface area (Å²) in [5.41, 5.74) is 5.29. The van der Waals surface area contributed by atoms with Crippen LogP contribution in [0.1, 0.15) is 29.8 Å². The van der Waals surface area contributed by atoms with Gasteiger partial charge in [-0.2, -0.15) is 0 Å². The molecule has 0 spiro atoms. The Balaban J connectivity index is 1.64. The molecule has 2 N–H and O–H groups in total. The number of carbonyl (C=O) groups is 1. The first kappa shape index (κ1) is 12.5. The molecule has 3 rings (SSSR count). The molecule has 0 radical (unpaired) electrons. The molecule has 104 valence electrons. The highest BCUT2D eigenvalue weighted by Gasteiger charge is 2.36. The molecule has 2 fully saturated rings. The Morgan fingerprint density at radius 3 is 2.89 bits per heavy atom. The van der Waals surface area contributed by atoms with E-state index in [9.17, 15) is 9.18 Å². The monoisotopic (exact) mass is 267 g/mol. The number of hydrogen-bond acceptors (Lipinski definition) is 4. The first-order valence-corrected chi connectivity index (χ1v) is 6.70. The molecular formula is C12H18FN5O. The highest BCUT2D eigenvalue weighted by molar-refractivity contribution is 5.90. The van der Waals surface area contributed by atoms with Crippen molar-refractivity contribution in [1.82, 2.24) is 19.9 Å². The van der Waals surface area contributed by atoms with E-state index >= 15 is 0 Å². The predicted octanol–water partition coefficient (Wildman–Crippen LogP) is 0.199. The molecule has 1 aromatic rings. The zero-order valence-electron chi connectivity index (χ0n) is 10.7. The lowest BCUT2D eigenvalue weighted by molar-refractivity contribution is 0.0995. The third-order valence-electron chi connectivity index (χ3n) is 3.86. The minimum atomic E-state index is -0.761. The van der Waals surface area contributed by atoms with Gasteiger partial charge in [0.25, 0.3) is 5.91 Å². The average Bonchev–Trinajstić information content (AvgIpc) is 2.91. The van der Waals surface area contributed by atoms with Crippen LogP contribution in [0, 0.1) is 5.92 Å². The zero-order valence-corrected chi connectivity index (χ0v) is 10.7. The number of amides is 1. The lowest BCUT2D eigenvalue weighted by atomic mass is 10.2. The Morgan fingerprint density at radius 1 is 1.47 bits per heavy atom. The molecule has 19 heavy (non-hydrogen) atoms. The Bertz CT molecular complexity index is 472. The third kappa shape index (κ3) is 2.91. The molecule has 2 heterocycles. The first-order valence-electron chi connectivity index (χ1n) is 6.70. The summed E-state index contributed by atoms with van der Waals surface area (Å²) in [6.45, 7) is 2.05. The second-order valence-corrected chi connectivity index (χ2v) is 5.57. The number of alkyl halides is 1. The van der Waals surface area contributed by atoms with Gasteiger partial charge in [0.05, 0.1) is 12.7 Å². The fourth-order valence-electron chi connectivity index (χ4n) is 2.68. The van der Waals surface area contributed by atoms with E-state index < -0.39 is 12.1 Å². The van der Waals surface area contributed by atoms with Gasteiger partial charge < -0.3 is 5.73 Å². The minimum Gasteiger partial charge on any atom is -0.364 e. The average molecular weight is 267 g/mol. The van der Waals surface area contributed by atoms with E-state index in [0.29, 0.717) is 19.5 Å². The topological polar surface area (TPSA) is 77.0 Å². The standard InChI is InChI=1S/C12H18FN5O/c13-9-3-10(17(5-9)4-8-1-2-8)6-18-7-11(12(14)19)15-16-18/h7-10H,1-6H2,(H2,14,19)/t9-,10-/m0/s1. The quantitative estimate of drug-likeness (QED) is 0.826. The van der Waals surface area contributed by atoms with Gasteiger partial charge in [0, 0.05) is 19.1 Å². The number of hydrogen-bond donors (Lipinski definition) is 1. The number of halogens is 1. The van der Waals surface area contributed by atoms with Crippen molar-refractivity contribution >= 4 is 5.91 Å². The van der Waals surface area contributed by atoms with Crippen molar-refractivity contribution in [2.24, 2.45) is 11.7 Å². The smallest absolute Gasteiger partial charge is 0.270 e. The number of nitrogens with two attached hydrogens (primary N) is 1. The van der Waals surface area contributed by atoms with Crippen LogP contribution in [0.3, 0.4) is 0 Å². The van der Waals surface area contributed by atoms with Gasteiger partial charge >= 0.3 is 0 Å². The van der Waals surface area contributed by atoms with Gasteiger partial charge in [-0.1, -0.05) is 5.21 Å². The second kappa shape index (κ2) is 4.88. The van der Waals surface area contributed by atoms with Gasteiger partial charge in [-0.15, -0.1) is 5.10 Å². The number of nitrogens with zero attached hydrogens (tertiary/aromatic N) is 4. The van der Waals surface area contributed by atoms with Gasteiger partial charge in [-0.25, -0.2) is 4.39 Å². The minimum absolute atomic E-state index is 0.137. The molecule has 0 unspecified atom stereocenters. The van der Waals surface area contributed by atoms with Crippen molar-refractivity contribution < 1.29 is 9.18 Å². The molecule has 1 amide bonds. The second-order valence-electron chi connectivity index (χ2n) is 5.57. The SMILES string of the molecule is NC(=O)c1cn(C[C@@H]2C[C@H](F)CN2CC2CC2)nn1. The maximum Gasteiger partial charge on any atom is 0.270 e. The summed E-state index contributed by atoms with van der Waals surface area (Å²) in [7, 11) is 0. The number of primary amides is 1. The van der Waals surface area contributed by atoms with Crippen LogP contribution in [0.25, 0.3) is 0 Å². The Morgan fingerprint density at radius 2 is 2.26 bits per heavy atom. The molecule has 2 aliphatic rings. The van der Waals surface area contributed by atoms with Crippen LogP contribution < -0.4 is 5.73 Å². The number of carbonyl (C=O) groups excluding carboxylic acids is 1. The summed E-state index contributed by atoms with van der Waals surface area (Å²) in [5.74, 6) is 0.153. The van der Waals surface area contributed by atoms with Gasteiger partial charge in [0.1, 0.15) is 6.17 Å². The molecule has 1 aliphatic heterocycles. The predicted molar refractivity (Wildman–Crippen MR) is 66.1 cm³/mol. The van der Waals surface area contributed by atoms with E-state index in [1.807, 2.05) is 0 Å². The highest BCUT2D eigenvalue weighted by Crippen LogP contribution is 2.33. The summed E-state index contributed by atoms with van der Waals surface area (Å²) < 4.78 is 15.2. The van der Waals surface area contributed by atoms with Crippen molar-refractivity contribution in [2.75, 3.05) is 13.1 Å². The fourth-order valence-corrected chi connectivity index (χ4v) is 2.68. The first-order chi connectivity index (χ1) is 9.11. The molecule has 1 aliphatic carbocycles. The van der Waals surface area contributed by atoms with Crippen LogP contribution in [0.15, 0.2) is 6.20 Å². The molecule has 0 bridgehead atoms. The van der Waals surface area contributed by atoms with Crippen molar-refractivity contribution in [3.63, 3.8) is 0 Å². The molecule has 2 atom stereocenters. The number of rotatable bonds is 5. The van der Waals surface area contributed by atoms with Crippen molar-refractivity contribution in [3.8, 4) is 0 Å². The lowest BCUT2D eigenvalue weighted by Gasteiger charge is -2.23. The van der Waals surface area contributed by atoms with Crippen LogP contribution in [0.5, 0.6) is 0 Å². The van der Waals surface area contributed by atoms with E-state index in [-0.39, 0.29) is 11.7 Å². The van der Waals surface area contributed by atoms with Crippen molar-refractivity contribution in [1.29, 1.82) is 0 Å². The van der Waals surface area contributed by atoms with Crippen LogP contribution in [-0.2, 0) is 6.54 Å². The van der Waals surface area contributed by atoms with E-state index in [2.05, 4.69) is 15.2 Å². The van der Waals surface area contributed by atoms with Gasteiger partial charge in [-0.3, -0.25) is 14.4 Å². The van der Waals surface area contributed by atoms with E-state index in [1.165, 1.54) is 19.0 Å². The summed E-state index contributed by atoms with van der Waals surface area (Å²) >= 11 is 0. The largest absolute Gasteiger partial charge is 0.364 e. The van der Waals surface area contributed by atoms with Gasteiger partial charge in [-0.05, 0) is 25.2 Å². The van der Waals surface area contributed by atoms with Crippen molar-refractivity contribution in [3.05, 3.63) is 11.9 Å². The fraction of sp³-hybridized carbons (Fsp3) is 0.750. The van der Waals surface area contributed by atoms with Crippen LogP contribution in [0.4, 0.5) is 4.39 Å².